The average Bonchev–Trinajstić information content (AvgIpc) is 3.11. The number of H-pyrrole nitrogens is 1. The minimum Gasteiger partial charge on any atom is -0.293 e. The van der Waals surface area contributed by atoms with Crippen molar-refractivity contribution in [3.63, 3.8) is 0 Å². The van der Waals surface area contributed by atoms with Crippen LogP contribution in [-0.4, -0.2) is 32.8 Å². The van der Waals surface area contributed by atoms with E-state index < -0.39 is 16.1 Å². The lowest BCUT2D eigenvalue weighted by Crippen LogP contribution is -2.29. The number of hydrogen-bond donors (Lipinski definition) is 2. The van der Waals surface area contributed by atoms with Gasteiger partial charge in [0.05, 0.1) is 23.6 Å². The molecule has 0 aromatic carbocycles. The summed E-state index contributed by atoms with van der Waals surface area (Å²) in [6, 6.07) is 2.46. The maximum absolute atomic E-state index is 12.7. The summed E-state index contributed by atoms with van der Waals surface area (Å²) >= 11 is 0. The van der Waals surface area contributed by atoms with Crippen molar-refractivity contribution in [2.75, 3.05) is 0 Å². The van der Waals surface area contributed by atoms with Crippen LogP contribution in [0, 0.1) is 6.92 Å². The molecule has 0 fully saturated rings. The molecular weight excluding hydrogens is 368 g/mol. The summed E-state index contributed by atoms with van der Waals surface area (Å²) in [5.41, 5.74) is 1.72. The third-order valence-electron chi connectivity index (χ3n) is 4.53. The summed E-state index contributed by atoms with van der Waals surface area (Å²) in [6.07, 6.45) is 1.30. The fourth-order valence-electron chi connectivity index (χ4n) is 2.71. The lowest BCUT2D eigenvalue weighted by atomic mass is 9.93. The maximum Gasteiger partial charge on any atom is 0.272 e. The molecule has 0 spiro atoms. The van der Waals surface area contributed by atoms with E-state index in [4.69, 9.17) is 0 Å². The number of sulfonamides is 1. The van der Waals surface area contributed by atoms with E-state index >= 15 is 0 Å². The molecule has 3 heterocycles. The molecule has 3 rings (SSSR count). The van der Waals surface area contributed by atoms with E-state index in [-0.39, 0.29) is 15.9 Å². The Morgan fingerprint density at radius 1 is 1.26 bits per heavy atom. The average molecular weight is 392 g/mol. The number of hydrogen-bond acceptors (Lipinski definition) is 5. The van der Waals surface area contributed by atoms with Gasteiger partial charge in [-0.05, 0) is 13.8 Å². The van der Waals surface area contributed by atoms with Gasteiger partial charge in [0, 0.05) is 30.3 Å². The Bertz CT molecular complexity index is 1160. The van der Waals surface area contributed by atoms with Crippen molar-refractivity contribution in [3.8, 4) is 0 Å². The molecule has 0 unspecified atom stereocenters. The Hall–Kier alpha value is -2.46. The highest BCUT2D eigenvalue weighted by Gasteiger charge is 2.24. The van der Waals surface area contributed by atoms with Crippen molar-refractivity contribution in [1.29, 1.82) is 0 Å². The zero-order valence-corrected chi connectivity index (χ0v) is 17.0. The van der Waals surface area contributed by atoms with Crippen LogP contribution in [0.5, 0.6) is 0 Å². The molecule has 0 bridgehead atoms. The highest BCUT2D eigenvalue weighted by molar-refractivity contribution is 7.89. The summed E-state index contributed by atoms with van der Waals surface area (Å²) in [6.45, 7) is 9.40. The van der Waals surface area contributed by atoms with Crippen LogP contribution in [0.1, 0.15) is 50.8 Å². The minimum absolute atomic E-state index is 0.103. The van der Waals surface area contributed by atoms with Gasteiger partial charge in [-0.2, -0.15) is 5.10 Å². The molecule has 0 radical (unpaired) electrons. The second-order valence-corrected chi connectivity index (χ2v) is 9.38. The quantitative estimate of drug-likeness (QED) is 0.697. The number of nitrogens with one attached hydrogen (secondary N) is 2. The van der Waals surface area contributed by atoms with E-state index in [1.165, 1.54) is 21.5 Å². The van der Waals surface area contributed by atoms with E-state index in [0.29, 0.717) is 17.0 Å². The van der Waals surface area contributed by atoms with E-state index in [9.17, 15) is 13.2 Å². The third kappa shape index (κ3) is 3.54. The van der Waals surface area contributed by atoms with Crippen molar-refractivity contribution in [3.05, 3.63) is 45.8 Å². The minimum atomic E-state index is -3.79. The first-order valence-corrected chi connectivity index (χ1v) is 10.0. The van der Waals surface area contributed by atoms with Gasteiger partial charge >= 0.3 is 0 Å². The van der Waals surface area contributed by atoms with E-state index in [0.717, 1.165) is 5.69 Å². The SMILES string of the molecule is Cc1c(S(=O)(=O)N[C@@H](C)c2cc(=O)n3[nH]c(C(C)(C)C)cc3n2)cnn1C. The summed E-state index contributed by atoms with van der Waals surface area (Å²) in [4.78, 5) is 17.0. The van der Waals surface area contributed by atoms with Crippen LogP contribution in [0.15, 0.2) is 28.0 Å². The van der Waals surface area contributed by atoms with Crippen molar-refractivity contribution < 1.29 is 8.42 Å². The number of aryl methyl sites for hydroxylation is 1. The summed E-state index contributed by atoms with van der Waals surface area (Å²) < 4.78 is 30.7. The van der Waals surface area contributed by atoms with Gasteiger partial charge in [-0.25, -0.2) is 22.6 Å². The topological polar surface area (TPSA) is 114 Å². The van der Waals surface area contributed by atoms with Crippen LogP contribution < -0.4 is 10.3 Å². The fraction of sp³-hybridized carbons (Fsp3) is 0.471. The predicted molar refractivity (Wildman–Crippen MR) is 101 cm³/mol. The predicted octanol–water partition coefficient (Wildman–Crippen LogP) is 1.40. The molecule has 3 aromatic heterocycles. The van der Waals surface area contributed by atoms with Gasteiger partial charge in [-0.3, -0.25) is 14.6 Å². The zero-order chi connectivity index (χ0) is 20.1. The number of rotatable bonds is 4. The molecular formula is C17H24N6O3S. The normalized spacial score (nSPS) is 14.0. The molecule has 0 aliphatic carbocycles. The fourth-order valence-corrected chi connectivity index (χ4v) is 4.13. The Kier molecular flexibility index (Phi) is 4.51. The van der Waals surface area contributed by atoms with Crippen molar-refractivity contribution in [2.45, 2.75) is 51.0 Å². The second-order valence-electron chi connectivity index (χ2n) is 7.69. The van der Waals surface area contributed by atoms with Crippen molar-refractivity contribution in [2.24, 2.45) is 7.05 Å². The first kappa shape index (κ1) is 19.3. The van der Waals surface area contributed by atoms with Crippen LogP contribution in [0.3, 0.4) is 0 Å². The molecule has 2 N–H and O–H groups in total. The number of fused-ring (bicyclic) bond motifs is 1. The Balaban J connectivity index is 1.97. The van der Waals surface area contributed by atoms with Gasteiger partial charge in [0.1, 0.15) is 4.90 Å². The molecule has 10 heteroatoms. The van der Waals surface area contributed by atoms with Crippen molar-refractivity contribution in [1.82, 2.24) is 29.1 Å². The summed E-state index contributed by atoms with van der Waals surface area (Å²) in [7, 11) is -2.12. The van der Waals surface area contributed by atoms with Crippen LogP contribution in [0.4, 0.5) is 0 Å². The number of nitrogens with zero attached hydrogens (tertiary/aromatic N) is 4. The summed E-state index contributed by atoms with van der Waals surface area (Å²) in [5.74, 6) is 0. The standard InChI is InChI=1S/C17H24N6O3S/c1-10(21-27(25,26)13-9-18-22(6)11(13)2)12-7-16(24)23-15(19-12)8-14(20-23)17(3,4)5/h7-10,20-21H,1-6H3/t10-/m0/s1. The lowest BCUT2D eigenvalue weighted by molar-refractivity contribution is 0.559. The Morgan fingerprint density at radius 2 is 1.93 bits per heavy atom. The lowest BCUT2D eigenvalue weighted by Gasteiger charge is -2.14. The molecule has 0 saturated carbocycles. The zero-order valence-electron chi connectivity index (χ0n) is 16.2. The first-order valence-electron chi connectivity index (χ1n) is 8.54. The van der Waals surface area contributed by atoms with Crippen LogP contribution in [-0.2, 0) is 22.5 Å². The van der Waals surface area contributed by atoms with Crippen LogP contribution in [0.2, 0.25) is 0 Å². The largest absolute Gasteiger partial charge is 0.293 e. The molecule has 9 nitrogen and oxygen atoms in total. The molecule has 146 valence electrons. The molecule has 0 amide bonds. The molecule has 0 aliphatic rings. The Labute approximate surface area is 157 Å². The highest BCUT2D eigenvalue weighted by atomic mass is 32.2. The van der Waals surface area contributed by atoms with Gasteiger partial charge in [0.15, 0.2) is 5.65 Å². The molecule has 0 saturated heterocycles. The van der Waals surface area contributed by atoms with Crippen LogP contribution in [0.25, 0.3) is 5.65 Å². The molecule has 27 heavy (non-hydrogen) atoms. The maximum atomic E-state index is 12.7. The third-order valence-corrected chi connectivity index (χ3v) is 6.18. The van der Waals surface area contributed by atoms with E-state index in [2.05, 4.69) is 19.9 Å². The number of aromatic amines is 1. The molecule has 1 atom stereocenters. The molecule has 0 aliphatic heterocycles. The van der Waals surface area contributed by atoms with Gasteiger partial charge in [0.25, 0.3) is 5.56 Å². The van der Waals surface area contributed by atoms with Crippen LogP contribution >= 0.6 is 0 Å². The Morgan fingerprint density at radius 3 is 2.48 bits per heavy atom. The van der Waals surface area contributed by atoms with Gasteiger partial charge < -0.3 is 0 Å². The first-order chi connectivity index (χ1) is 12.4. The number of aromatic nitrogens is 5. The molecule has 3 aromatic rings. The van der Waals surface area contributed by atoms with Gasteiger partial charge in [-0.15, -0.1) is 0 Å². The highest BCUT2D eigenvalue weighted by Crippen LogP contribution is 2.22. The van der Waals surface area contributed by atoms with E-state index in [1.807, 2.05) is 20.8 Å². The summed E-state index contributed by atoms with van der Waals surface area (Å²) in [5, 5.41) is 7.01. The second kappa shape index (κ2) is 6.31. The van der Waals surface area contributed by atoms with Gasteiger partial charge in [0.2, 0.25) is 10.0 Å². The van der Waals surface area contributed by atoms with E-state index in [1.54, 1.807) is 27.0 Å². The van der Waals surface area contributed by atoms with Gasteiger partial charge in [-0.1, -0.05) is 20.8 Å². The smallest absolute Gasteiger partial charge is 0.272 e. The van der Waals surface area contributed by atoms with Crippen molar-refractivity contribution >= 4 is 15.7 Å². The monoisotopic (exact) mass is 392 g/mol.